The molecule has 1 aromatic rings. The highest BCUT2D eigenvalue weighted by molar-refractivity contribution is 5.24. The van der Waals surface area contributed by atoms with Crippen LogP contribution in [0.5, 0.6) is 5.75 Å². The number of rotatable bonds is 1. The average Bonchev–Trinajstić information content (AvgIpc) is 2.11. The first kappa shape index (κ1) is 11.8. The third-order valence-corrected chi connectivity index (χ3v) is 1.64. The molecule has 0 bridgehead atoms. The van der Waals surface area contributed by atoms with Gasteiger partial charge in [0, 0.05) is 0 Å². The van der Waals surface area contributed by atoms with Crippen LogP contribution >= 0.6 is 0 Å². The summed E-state index contributed by atoms with van der Waals surface area (Å²) in [6.45, 7) is 9.79. The van der Waals surface area contributed by atoms with Crippen molar-refractivity contribution in [2.75, 3.05) is 0 Å². The minimum absolute atomic E-state index is 0.329. The molecule has 0 fully saturated rings. The van der Waals surface area contributed by atoms with Crippen LogP contribution < -0.4 is 0 Å². The highest BCUT2D eigenvalue weighted by Crippen LogP contribution is 2.07. The van der Waals surface area contributed by atoms with Crippen molar-refractivity contribution < 1.29 is 5.11 Å². The van der Waals surface area contributed by atoms with Gasteiger partial charge in [-0.15, -0.1) is 6.58 Å². The Balaban J connectivity index is 0.000000252. The van der Waals surface area contributed by atoms with E-state index in [4.69, 9.17) is 5.11 Å². The molecule has 0 aromatic heterocycles. The second-order valence-corrected chi connectivity index (χ2v) is 3.15. The SMILES string of the molecule is C=C(C)CC.Cc1ccc(O)cc1. The van der Waals surface area contributed by atoms with Gasteiger partial charge in [-0.05, 0) is 32.4 Å². The lowest BCUT2D eigenvalue weighted by molar-refractivity contribution is 0.475. The Labute approximate surface area is 80.7 Å². The molecule has 1 heteroatoms. The van der Waals surface area contributed by atoms with Crippen molar-refractivity contribution >= 4 is 0 Å². The predicted molar refractivity (Wildman–Crippen MR) is 57.9 cm³/mol. The number of hydrogen-bond acceptors (Lipinski definition) is 1. The molecule has 0 aliphatic heterocycles. The maximum Gasteiger partial charge on any atom is 0.115 e. The second kappa shape index (κ2) is 6.30. The molecule has 0 saturated heterocycles. The van der Waals surface area contributed by atoms with Crippen LogP contribution in [0.3, 0.4) is 0 Å². The molecule has 0 amide bonds. The van der Waals surface area contributed by atoms with Gasteiger partial charge in [-0.3, -0.25) is 0 Å². The van der Waals surface area contributed by atoms with E-state index in [0.717, 1.165) is 6.42 Å². The van der Waals surface area contributed by atoms with Crippen LogP contribution in [0.2, 0.25) is 0 Å². The molecule has 0 radical (unpaired) electrons. The number of phenols is 1. The Bertz CT molecular complexity index is 225. The fourth-order valence-corrected chi connectivity index (χ4v) is 0.545. The highest BCUT2D eigenvalue weighted by atomic mass is 16.3. The van der Waals surface area contributed by atoms with Crippen LogP contribution in [0.4, 0.5) is 0 Å². The summed E-state index contributed by atoms with van der Waals surface area (Å²) in [5, 5.41) is 8.76. The van der Waals surface area contributed by atoms with Gasteiger partial charge in [0.25, 0.3) is 0 Å². The average molecular weight is 178 g/mol. The lowest BCUT2D eigenvalue weighted by Crippen LogP contribution is -1.66. The number of aryl methyl sites for hydroxylation is 1. The summed E-state index contributed by atoms with van der Waals surface area (Å²) in [7, 11) is 0. The quantitative estimate of drug-likeness (QED) is 0.650. The van der Waals surface area contributed by atoms with Crippen molar-refractivity contribution in [1.82, 2.24) is 0 Å². The molecule has 0 heterocycles. The summed E-state index contributed by atoms with van der Waals surface area (Å²) < 4.78 is 0. The Morgan fingerprint density at radius 3 is 1.92 bits per heavy atom. The first-order valence-electron chi connectivity index (χ1n) is 4.46. The Kier molecular flexibility index (Phi) is 5.69. The molecule has 13 heavy (non-hydrogen) atoms. The van der Waals surface area contributed by atoms with Gasteiger partial charge < -0.3 is 5.11 Å². The van der Waals surface area contributed by atoms with Gasteiger partial charge in [0.2, 0.25) is 0 Å². The molecule has 1 nitrogen and oxygen atoms in total. The van der Waals surface area contributed by atoms with E-state index in [-0.39, 0.29) is 0 Å². The zero-order chi connectivity index (χ0) is 10.3. The summed E-state index contributed by atoms with van der Waals surface area (Å²) in [5.74, 6) is 0.329. The number of aromatic hydroxyl groups is 1. The van der Waals surface area contributed by atoms with E-state index in [0.29, 0.717) is 5.75 Å². The van der Waals surface area contributed by atoms with Crippen LogP contribution in [0.1, 0.15) is 25.8 Å². The Morgan fingerprint density at radius 2 is 1.69 bits per heavy atom. The van der Waals surface area contributed by atoms with Crippen LogP contribution in [0, 0.1) is 6.92 Å². The molecule has 0 aliphatic rings. The standard InChI is InChI=1S/C7H8O.C5H10/c1-6-2-4-7(8)5-3-6;1-4-5(2)3/h2-5,8H,1H3;2,4H2,1,3H3. The summed E-state index contributed by atoms with van der Waals surface area (Å²) in [6, 6.07) is 7.09. The van der Waals surface area contributed by atoms with Crippen molar-refractivity contribution in [1.29, 1.82) is 0 Å². The first-order valence-corrected chi connectivity index (χ1v) is 4.46. The molecule has 1 rings (SSSR count). The first-order chi connectivity index (χ1) is 6.06. The molecule has 0 aliphatic carbocycles. The maximum atomic E-state index is 8.76. The Morgan fingerprint density at radius 1 is 1.31 bits per heavy atom. The van der Waals surface area contributed by atoms with Gasteiger partial charge in [0.05, 0.1) is 0 Å². The van der Waals surface area contributed by atoms with Gasteiger partial charge in [0.1, 0.15) is 5.75 Å². The van der Waals surface area contributed by atoms with E-state index >= 15 is 0 Å². The van der Waals surface area contributed by atoms with Crippen LogP contribution in [-0.4, -0.2) is 5.11 Å². The van der Waals surface area contributed by atoms with Crippen molar-refractivity contribution in [2.45, 2.75) is 27.2 Å². The minimum Gasteiger partial charge on any atom is -0.508 e. The van der Waals surface area contributed by atoms with Crippen molar-refractivity contribution in [3.8, 4) is 5.75 Å². The molecule has 1 N–H and O–H groups in total. The van der Waals surface area contributed by atoms with Crippen LogP contribution in [0.25, 0.3) is 0 Å². The largest absolute Gasteiger partial charge is 0.508 e. The molecule has 0 saturated carbocycles. The third-order valence-electron chi connectivity index (χ3n) is 1.64. The molecular weight excluding hydrogens is 160 g/mol. The van der Waals surface area contributed by atoms with Gasteiger partial charge in [-0.2, -0.15) is 0 Å². The third kappa shape index (κ3) is 7.13. The zero-order valence-corrected chi connectivity index (χ0v) is 8.67. The summed E-state index contributed by atoms with van der Waals surface area (Å²) in [6.07, 6.45) is 1.11. The second-order valence-electron chi connectivity index (χ2n) is 3.15. The molecule has 0 atom stereocenters. The van der Waals surface area contributed by atoms with E-state index < -0.39 is 0 Å². The Hall–Kier alpha value is -1.24. The number of benzene rings is 1. The molecule has 72 valence electrons. The zero-order valence-electron chi connectivity index (χ0n) is 8.67. The van der Waals surface area contributed by atoms with E-state index in [1.165, 1.54) is 11.1 Å². The van der Waals surface area contributed by atoms with E-state index in [2.05, 4.69) is 13.5 Å². The molecule has 0 spiro atoms. The fourth-order valence-electron chi connectivity index (χ4n) is 0.545. The van der Waals surface area contributed by atoms with Crippen molar-refractivity contribution in [3.05, 3.63) is 42.0 Å². The minimum atomic E-state index is 0.329. The smallest absolute Gasteiger partial charge is 0.115 e. The predicted octanol–water partition coefficient (Wildman–Crippen LogP) is 3.67. The lowest BCUT2D eigenvalue weighted by atomic mass is 10.2. The van der Waals surface area contributed by atoms with Gasteiger partial charge >= 0.3 is 0 Å². The number of hydrogen-bond donors (Lipinski definition) is 1. The normalized spacial score (nSPS) is 8.54. The van der Waals surface area contributed by atoms with Gasteiger partial charge in [-0.25, -0.2) is 0 Å². The maximum absolute atomic E-state index is 8.76. The lowest BCUT2D eigenvalue weighted by Gasteiger charge is -1.89. The number of allylic oxidation sites excluding steroid dienone is 1. The van der Waals surface area contributed by atoms with E-state index in [1.54, 1.807) is 12.1 Å². The van der Waals surface area contributed by atoms with Crippen molar-refractivity contribution in [2.24, 2.45) is 0 Å². The highest BCUT2D eigenvalue weighted by Gasteiger charge is 1.82. The topological polar surface area (TPSA) is 20.2 Å². The van der Waals surface area contributed by atoms with E-state index in [1.807, 2.05) is 26.0 Å². The monoisotopic (exact) mass is 178 g/mol. The van der Waals surface area contributed by atoms with E-state index in [9.17, 15) is 0 Å². The summed E-state index contributed by atoms with van der Waals surface area (Å²) in [4.78, 5) is 0. The molecular formula is C12H18O. The number of phenolic OH excluding ortho intramolecular Hbond substituents is 1. The van der Waals surface area contributed by atoms with Crippen molar-refractivity contribution in [3.63, 3.8) is 0 Å². The summed E-state index contributed by atoms with van der Waals surface area (Å²) >= 11 is 0. The fraction of sp³-hybridized carbons (Fsp3) is 0.333. The van der Waals surface area contributed by atoms with Gasteiger partial charge in [0.15, 0.2) is 0 Å². The molecule has 0 unspecified atom stereocenters. The van der Waals surface area contributed by atoms with Crippen LogP contribution in [0.15, 0.2) is 36.4 Å². The van der Waals surface area contributed by atoms with Gasteiger partial charge in [-0.1, -0.05) is 30.2 Å². The molecule has 1 aromatic carbocycles. The van der Waals surface area contributed by atoms with Crippen LogP contribution in [-0.2, 0) is 0 Å². The summed E-state index contributed by atoms with van der Waals surface area (Å²) in [5.41, 5.74) is 2.42.